The second-order valence-corrected chi connectivity index (χ2v) is 5.05. The van der Waals surface area contributed by atoms with Crippen LogP contribution in [0.25, 0.3) is 0 Å². The zero-order valence-corrected chi connectivity index (χ0v) is 11.5. The normalized spacial score (nSPS) is 10.2. The van der Waals surface area contributed by atoms with E-state index in [1.54, 1.807) is 25.2 Å². The van der Waals surface area contributed by atoms with Crippen LogP contribution < -0.4 is 0 Å². The fourth-order valence-electron chi connectivity index (χ4n) is 1.40. The molecule has 0 aliphatic carbocycles. The topological polar surface area (TPSA) is 57.6 Å². The van der Waals surface area contributed by atoms with Gasteiger partial charge in [0.05, 0.1) is 5.75 Å². The quantitative estimate of drug-likeness (QED) is 0.781. The first-order chi connectivity index (χ1) is 9.00. The van der Waals surface area contributed by atoms with Crippen LogP contribution in [0.15, 0.2) is 29.2 Å². The van der Waals surface area contributed by atoms with E-state index in [-0.39, 0.29) is 23.9 Å². The summed E-state index contributed by atoms with van der Waals surface area (Å²) in [6, 6.07) is 6.28. The molecule has 6 heteroatoms. The number of aliphatic carboxylic acids is 1. The number of carboxylic acid groups (broad SMARTS) is 1. The summed E-state index contributed by atoms with van der Waals surface area (Å²) < 4.78 is 13.3. The highest BCUT2D eigenvalue weighted by atomic mass is 32.2. The van der Waals surface area contributed by atoms with Gasteiger partial charge in [-0.15, -0.1) is 11.8 Å². The highest BCUT2D eigenvalue weighted by Gasteiger charge is 2.11. The second-order valence-electron chi connectivity index (χ2n) is 4.03. The molecule has 0 unspecified atom stereocenters. The summed E-state index contributed by atoms with van der Waals surface area (Å²) >= 11 is 1.14. The first kappa shape index (κ1) is 15.5. The van der Waals surface area contributed by atoms with Crippen molar-refractivity contribution in [3.63, 3.8) is 0 Å². The van der Waals surface area contributed by atoms with Crippen LogP contribution in [0.2, 0.25) is 0 Å². The van der Waals surface area contributed by atoms with Gasteiger partial charge in [-0.2, -0.15) is 0 Å². The largest absolute Gasteiger partial charge is 0.481 e. The van der Waals surface area contributed by atoms with Crippen molar-refractivity contribution in [2.45, 2.75) is 17.7 Å². The first-order valence-electron chi connectivity index (χ1n) is 5.84. The van der Waals surface area contributed by atoms with Crippen molar-refractivity contribution in [1.29, 1.82) is 0 Å². The minimum atomic E-state index is -0.874. The standard InChI is InChI=1S/C13H16FNO3S/c1-15(8-4-7-13(17)18)12(16)9-19-11-6-3-2-5-10(11)14/h2-3,5-6H,4,7-9H2,1H3,(H,17,18). The lowest BCUT2D eigenvalue weighted by molar-refractivity contribution is -0.137. The van der Waals surface area contributed by atoms with Crippen molar-refractivity contribution in [2.75, 3.05) is 19.3 Å². The molecule has 0 atom stereocenters. The molecular formula is C13H16FNO3S. The van der Waals surface area contributed by atoms with Crippen LogP contribution in [-0.2, 0) is 9.59 Å². The number of nitrogens with zero attached hydrogens (tertiary/aromatic N) is 1. The van der Waals surface area contributed by atoms with E-state index >= 15 is 0 Å². The maximum atomic E-state index is 13.3. The molecule has 0 radical (unpaired) electrons. The number of hydrogen-bond donors (Lipinski definition) is 1. The summed E-state index contributed by atoms with van der Waals surface area (Å²) in [7, 11) is 1.62. The zero-order chi connectivity index (χ0) is 14.3. The van der Waals surface area contributed by atoms with Gasteiger partial charge in [-0.3, -0.25) is 9.59 Å². The fraction of sp³-hybridized carbons (Fsp3) is 0.385. The van der Waals surface area contributed by atoms with Crippen molar-refractivity contribution in [1.82, 2.24) is 4.90 Å². The van der Waals surface area contributed by atoms with Crippen LogP contribution in [0.5, 0.6) is 0 Å². The number of thioether (sulfide) groups is 1. The number of carbonyl (C=O) groups is 2. The first-order valence-corrected chi connectivity index (χ1v) is 6.82. The molecular weight excluding hydrogens is 269 g/mol. The molecule has 0 spiro atoms. The summed E-state index contributed by atoms with van der Waals surface area (Å²) in [6.45, 7) is 0.392. The molecule has 1 amide bonds. The molecule has 19 heavy (non-hydrogen) atoms. The molecule has 0 fully saturated rings. The third kappa shape index (κ3) is 5.74. The van der Waals surface area contributed by atoms with Gasteiger partial charge >= 0.3 is 5.97 Å². The number of benzene rings is 1. The third-order valence-corrected chi connectivity index (χ3v) is 3.53. The third-order valence-electron chi connectivity index (χ3n) is 2.50. The van der Waals surface area contributed by atoms with Crippen molar-refractivity contribution in [3.8, 4) is 0 Å². The molecule has 0 aliphatic heterocycles. The van der Waals surface area contributed by atoms with Crippen LogP contribution in [-0.4, -0.2) is 41.2 Å². The van der Waals surface area contributed by atoms with Crippen LogP contribution in [0.4, 0.5) is 4.39 Å². The van der Waals surface area contributed by atoms with Crippen LogP contribution in [0.3, 0.4) is 0 Å². The lowest BCUT2D eigenvalue weighted by atomic mass is 10.3. The van der Waals surface area contributed by atoms with Crippen molar-refractivity contribution in [3.05, 3.63) is 30.1 Å². The SMILES string of the molecule is CN(CCCC(=O)O)C(=O)CSc1ccccc1F. The Labute approximate surface area is 115 Å². The van der Waals surface area contributed by atoms with Gasteiger partial charge in [-0.05, 0) is 18.6 Å². The molecule has 0 saturated carbocycles. The Hall–Kier alpha value is -1.56. The summed E-state index contributed by atoms with van der Waals surface area (Å²) in [5.41, 5.74) is 0. The van der Waals surface area contributed by atoms with Crippen molar-refractivity contribution >= 4 is 23.6 Å². The summed E-state index contributed by atoms with van der Waals surface area (Å²) in [6.07, 6.45) is 0.458. The van der Waals surface area contributed by atoms with Crippen LogP contribution in [0.1, 0.15) is 12.8 Å². The zero-order valence-electron chi connectivity index (χ0n) is 10.6. The van der Waals surface area contributed by atoms with E-state index < -0.39 is 5.97 Å². The molecule has 104 valence electrons. The van der Waals surface area contributed by atoms with Gasteiger partial charge < -0.3 is 10.0 Å². The Morgan fingerprint density at radius 2 is 2.05 bits per heavy atom. The molecule has 0 heterocycles. The number of halogens is 1. The molecule has 1 N–H and O–H groups in total. The van der Waals surface area contributed by atoms with Crippen LogP contribution >= 0.6 is 11.8 Å². The smallest absolute Gasteiger partial charge is 0.303 e. The molecule has 0 saturated heterocycles. The molecule has 4 nitrogen and oxygen atoms in total. The number of carboxylic acids is 1. The average Bonchev–Trinajstić information content (AvgIpc) is 2.36. The van der Waals surface area contributed by atoms with Gasteiger partial charge in [0.25, 0.3) is 0 Å². The lowest BCUT2D eigenvalue weighted by Crippen LogP contribution is -2.29. The molecule has 1 rings (SSSR count). The predicted octanol–water partition coefficient (Wildman–Crippen LogP) is 2.24. The number of rotatable bonds is 7. The van der Waals surface area contributed by atoms with Gasteiger partial charge in [-0.25, -0.2) is 4.39 Å². The van der Waals surface area contributed by atoms with Gasteiger partial charge in [0.1, 0.15) is 5.82 Å². The predicted molar refractivity (Wildman–Crippen MR) is 71.6 cm³/mol. The van der Waals surface area contributed by atoms with Crippen molar-refractivity contribution < 1.29 is 19.1 Å². The highest BCUT2D eigenvalue weighted by Crippen LogP contribution is 2.21. The summed E-state index contributed by atoms with van der Waals surface area (Å²) in [4.78, 5) is 24.0. The molecule has 0 aliphatic rings. The van der Waals surface area contributed by atoms with E-state index in [1.165, 1.54) is 11.0 Å². The number of amides is 1. The monoisotopic (exact) mass is 285 g/mol. The maximum Gasteiger partial charge on any atom is 0.303 e. The van der Waals surface area contributed by atoms with Gasteiger partial charge in [0, 0.05) is 24.9 Å². The summed E-state index contributed by atoms with van der Waals surface area (Å²) in [5, 5.41) is 8.50. The minimum Gasteiger partial charge on any atom is -0.481 e. The average molecular weight is 285 g/mol. The maximum absolute atomic E-state index is 13.3. The van der Waals surface area contributed by atoms with E-state index in [2.05, 4.69) is 0 Å². The van der Waals surface area contributed by atoms with Crippen LogP contribution in [0, 0.1) is 5.82 Å². The van der Waals surface area contributed by atoms with E-state index in [0.29, 0.717) is 17.9 Å². The van der Waals surface area contributed by atoms with Gasteiger partial charge in [0.2, 0.25) is 5.91 Å². The van der Waals surface area contributed by atoms with E-state index in [4.69, 9.17) is 5.11 Å². The molecule has 0 bridgehead atoms. The Bertz CT molecular complexity index is 453. The fourth-order valence-corrected chi connectivity index (χ4v) is 2.28. The second kappa shape index (κ2) is 7.78. The summed E-state index contributed by atoms with van der Waals surface area (Å²) in [5.74, 6) is -1.21. The van der Waals surface area contributed by atoms with Crippen molar-refractivity contribution in [2.24, 2.45) is 0 Å². The minimum absolute atomic E-state index is 0.0398. The van der Waals surface area contributed by atoms with Gasteiger partial charge in [-0.1, -0.05) is 12.1 Å². The Balaban J connectivity index is 2.34. The Kier molecular flexibility index (Phi) is 6.35. The van der Waals surface area contributed by atoms with Gasteiger partial charge in [0.15, 0.2) is 0 Å². The number of hydrogen-bond acceptors (Lipinski definition) is 3. The molecule has 1 aromatic carbocycles. The molecule has 0 aromatic heterocycles. The highest BCUT2D eigenvalue weighted by molar-refractivity contribution is 8.00. The van der Waals surface area contributed by atoms with E-state index in [9.17, 15) is 14.0 Å². The van der Waals surface area contributed by atoms with E-state index in [1.807, 2.05) is 0 Å². The molecule has 1 aromatic rings. The Morgan fingerprint density at radius 3 is 2.68 bits per heavy atom. The van der Waals surface area contributed by atoms with E-state index in [0.717, 1.165) is 11.8 Å². The number of carbonyl (C=O) groups excluding carboxylic acids is 1. The lowest BCUT2D eigenvalue weighted by Gasteiger charge is -2.16. The Morgan fingerprint density at radius 1 is 1.37 bits per heavy atom.